The minimum Gasteiger partial charge on any atom is -0.455 e. The summed E-state index contributed by atoms with van der Waals surface area (Å²) < 4.78 is 6.77. The van der Waals surface area contributed by atoms with Gasteiger partial charge in [0.05, 0.1) is 6.21 Å². The Morgan fingerprint density at radius 3 is 2.27 bits per heavy atom. The van der Waals surface area contributed by atoms with Crippen molar-refractivity contribution in [2.24, 2.45) is 5.10 Å². The van der Waals surface area contributed by atoms with Crippen LogP contribution in [0.2, 0.25) is 0 Å². The van der Waals surface area contributed by atoms with Crippen molar-refractivity contribution in [1.29, 1.82) is 0 Å². The molecule has 2 N–H and O–H groups in total. The van der Waals surface area contributed by atoms with Crippen LogP contribution in [0.4, 0.5) is 5.69 Å². The maximum Gasteiger partial charge on any atom is 0.287 e. The number of halogens is 1. The fourth-order valence-electron chi connectivity index (χ4n) is 3.38. The lowest BCUT2D eigenvalue weighted by Crippen LogP contribution is -2.32. The molecule has 3 aromatic carbocycles. The number of furan rings is 1. The normalized spacial score (nSPS) is 11.4. The van der Waals surface area contributed by atoms with E-state index in [0.717, 1.165) is 21.3 Å². The summed E-state index contributed by atoms with van der Waals surface area (Å²) in [6.45, 7) is 0. The molecule has 0 saturated carbocycles. The van der Waals surface area contributed by atoms with Gasteiger partial charge in [-0.1, -0.05) is 58.4 Å². The summed E-state index contributed by atoms with van der Waals surface area (Å²) in [6, 6.07) is 27.6. The molecule has 0 spiro atoms. The number of hydrazone groups is 1. The number of anilines is 1. The zero-order chi connectivity index (χ0) is 26.2. The van der Waals surface area contributed by atoms with Crippen molar-refractivity contribution in [2.45, 2.75) is 0 Å². The van der Waals surface area contributed by atoms with E-state index >= 15 is 0 Å². The predicted octanol–water partition coefficient (Wildman–Crippen LogP) is 5.70. The summed E-state index contributed by atoms with van der Waals surface area (Å²) in [4.78, 5) is 27.7. The van der Waals surface area contributed by atoms with Crippen molar-refractivity contribution < 1.29 is 14.0 Å². The van der Waals surface area contributed by atoms with Crippen LogP contribution in [0.5, 0.6) is 0 Å². The van der Waals surface area contributed by atoms with Crippen LogP contribution in [0, 0.1) is 0 Å². The molecule has 4 rings (SSSR count). The fraction of sp³-hybridized carbons (Fsp3) is 0.0690. The largest absolute Gasteiger partial charge is 0.455 e. The number of carbonyl (C=O) groups excluding carboxylic acids is 2. The lowest BCUT2D eigenvalue weighted by atomic mass is 10.1. The molecular weight excluding hydrogens is 532 g/mol. The smallest absolute Gasteiger partial charge is 0.287 e. The maximum atomic E-state index is 13.0. The second kappa shape index (κ2) is 12.0. The monoisotopic (exact) mass is 556 g/mol. The summed E-state index contributed by atoms with van der Waals surface area (Å²) in [7, 11) is 3.89. The van der Waals surface area contributed by atoms with Crippen LogP contribution in [-0.2, 0) is 4.79 Å². The summed E-state index contributed by atoms with van der Waals surface area (Å²) in [5, 5.41) is 6.71. The van der Waals surface area contributed by atoms with Gasteiger partial charge in [0.1, 0.15) is 17.2 Å². The molecule has 2 amide bonds. The van der Waals surface area contributed by atoms with E-state index < -0.39 is 11.8 Å². The summed E-state index contributed by atoms with van der Waals surface area (Å²) >= 11 is 3.42. The number of nitrogens with one attached hydrogen (secondary N) is 2. The first-order valence-corrected chi connectivity index (χ1v) is 12.2. The van der Waals surface area contributed by atoms with Crippen LogP contribution in [0.15, 0.2) is 111 Å². The maximum absolute atomic E-state index is 13.0. The molecule has 4 aromatic rings. The van der Waals surface area contributed by atoms with Crippen LogP contribution < -0.4 is 15.6 Å². The lowest BCUT2D eigenvalue weighted by Gasteiger charge is -2.12. The Labute approximate surface area is 223 Å². The van der Waals surface area contributed by atoms with E-state index in [2.05, 4.69) is 31.8 Å². The van der Waals surface area contributed by atoms with Crippen molar-refractivity contribution in [3.8, 4) is 11.3 Å². The van der Waals surface area contributed by atoms with Gasteiger partial charge in [0.25, 0.3) is 11.8 Å². The summed E-state index contributed by atoms with van der Waals surface area (Å²) in [5.74, 6) is 0.173. The van der Waals surface area contributed by atoms with Crippen LogP contribution in [0.25, 0.3) is 17.4 Å². The molecule has 0 saturated heterocycles. The minimum absolute atomic E-state index is 0.0543. The highest BCUT2D eigenvalue weighted by molar-refractivity contribution is 9.10. The highest BCUT2D eigenvalue weighted by atomic mass is 79.9. The van der Waals surface area contributed by atoms with Gasteiger partial charge in [0, 0.05) is 35.4 Å². The Kier molecular flexibility index (Phi) is 8.33. The standard InChI is InChI=1S/C29H25BrN4O3/c1-34(2)24-14-8-20(9-15-24)18-26(32-28(35)22-6-4-3-5-7-22)29(36)33-31-19-25-16-17-27(37-25)21-10-12-23(30)13-11-21/h3-19H,1-2H3,(H,32,35)(H,33,36)/b26-18-,31-19?. The molecule has 37 heavy (non-hydrogen) atoms. The van der Waals surface area contributed by atoms with E-state index in [1.54, 1.807) is 36.4 Å². The number of hydrogen-bond donors (Lipinski definition) is 2. The first-order valence-electron chi connectivity index (χ1n) is 11.4. The molecule has 0 fully saturated rings. The van der Waals surface area contributed by atoms with E-state index in [0.29, 0.717) is 17.1 Å². The number of nitrogens with zero attached hydrogens (tertiary/aromatic N) is 2. The minimum atomic E-state index is -0.572. The molecule has 1 aromatic heterocycles. The predicted molar refractivity (Wildman–Crippen MR) is 150 cm³/mol. The Hall–Kier alpha value is -4.43. The average Bonchev–Trinajstić information content (AvgIpc) is 3.38. The molecule has 0 atom stereocenters. The highest BCUT2D eigenvalue weighted by Crippen LogP contribution is 2.23. The molecule has 0 radical (unpaired) electrons. The van der Waals surface area contributed by atoms with Gasteiger partial charge in [-0.15, -0.1) is 0 Å². The van der Waals surface area contributed by atoms with Crippen molar-refractivity contribution in [3.05, 3.63) is 118 Å². The topological polar surface area (TPSA) is 86.9 Å². The van der Waals surface area contributed by atoms with Gasteiger partial charge in [-0.05, 0) is 60.2 Å². The highest BCUT2D eigenvalue weighted by Gasteiger charge is 2.14. The average molecular weight is 557 g/mol. The Morgan fingerprint density at radius 1 is 0.892 bits per heavy atom. The van der Waals surface area contributed by atoms with Gasteiger partial charge in [-0.25, -0.2) is 5.43 Å². The first kappa shape index (κ1) is 25.7. The van der Waals surface area contributed by atoms with E-state index in [4.69, 9.17) is 4.42 Å². The lowest BCUT2D eigenvalue weighted by molar-refractivity contribution is -0.117. The fourth-order valence-corrected chi connectivity index (χ4v) is 3.65. The van der Waals surface area contributed by atoms with E-state index in [1.165, 1.54) is 6.21 Å². The Morgan fingerprint density at radius 2 is 1.59 bits per heavy atom. The second-order valence-corrected chi connectivity index (χ2v) is 9.19. The van der Waals surface area contributed by atoms with Crippen LogP contribution in [0.3, 0.4) is 0 Å². The number of benzene rings is 3. The molecule has 0 aliphatic carbocycles. The SMILES string of the molecule is CN(C)c1ccc(/C=C(\NC(=O)c2ccccc2)C(=O)NN=Cc2ccc(-c3ccc(Br)cc3)o2)cc1. The molecular formula is C29H25BrN4O3. The molecule has 0 bridgehead atoms. The van der Waals surface area contributed by atoms with Gasteiger partial charge >= 0.3 is 0 Å². The molecule has 0 aliphatic heterocycles. The van der Waals surface area contributed by atoms with Crippen molar-refractivity contribution in [2.75, 3.05) is 19.0 Å². The van der Waals surface area contributed by atoms with Gasteiger partial charge in [0.2, 0.25) is 0 Å². The number of hydrogen-bond acceptors (Lipinski definition) is 5. The number of amides is 2. The zero-order valence-electron chi connectivity index (χ0n) is 20.3. The van der Waals surface area contributed by atoms with E-state index in [-0.39, 0.29) is 5.70 Å². The third-order valence-corrected chi connectivity index (χ3v) is 5.89. The zero-order valence-corrected chi connectivity index (χ0v) is 21.9. The van der Waals surface area contributed by atoms with Crippen LogP contribution in [0.1, 0.15) is 21.7 Å². The number of rotatable bonds is 8. The third kappa shape index (κ3) is 7.05. The van der Waals surface area contributed by atoms with Gasteiger partial charge in [-0.2, -0.15) is 5.10 Å². The third-order valence-electron chi connectivity index (χ3n) is 5.36. The van der Waals surface area contributed by atoms with Gasteiger partial charge < -0.3 is 14.6 Å². The van der Waals surface area contributed by atoms with Crippen molar-refractivity contribution in [1.82, 2.24) is 10.7 Å². The molecule has 0 unspecified atom stereocenters. The first-order chi connectivity index (χ1) is 17.9. The van der Waals surface area contributed by atoms with Gasteiger partial charge in [0.15, 0.2) is 0 Å². The number of carbonyl (C=O) groups is 2. The van der Waals surface area contributed by atoms with Crippen molar-refractivity contribution in [3.63, 3.8) is 0 Å². The molecule has 7 nitrogen and oxygen atoms in total. The molecule has 1 heterocycles. The van der Waals surface area contributed by atoms with Crippen LogP contribution >= 0.6 is 15.9 Å². The van der Waals surface area contributed by atoms with Crippen molar-refractivity contribution >= 4 is 45.7 Å². The van der Waals surface area contributed by atoms with Crippen LogP contribution in [-0.4, -0.2) is 32.1 Å². The summed E-state index contributed by atoms with van der Waals surface area (Å²) in [6.07, 6.45) is 3.01. The molecule has 0 aliphatic rings. The Balaban J connectivity index is 1.50. The molecule has 8 heteroatoms. The van der Waals surface area contributed by atoms with Gasteiger partial charge in [-0.3, -0.25) is 9.59 Å². The van der Waals surface area contributed by atoms with E-state index in [9.17, 15) is 9.59 Å². The Bertz CT molecular complexity index is 1420. The summed E-state index contributed by atoms with van der Waals surface area (Å²) in [5.41, 5.74) is 5.64. The van der Waals surface area contributed by atoms with E-state index in [1.807, 2.05) is 79.7 Å². The second-order valence-electron chi connectivity index (χ2n) is 8.27. The molecule has 186 valence electrons. The quantitative estimate of drug-likeness (QED) is 0.166.